The van der Waals surface area contributed by atoms with E-state index in [1.807, 2.05) is 0 Å². The van der Waals surface area contributed by atoms with Crippen LogP contribution in [0, 0.1) is 0 Å². The third kappa shape index (κ3) is 3.01. The van der Waals surface area contributed by atoms with Crippen LogP contribution >= 0.6 is 15.9 Å². The highest BCUT2D eigenvalue weighted by Crippen LogP contribution is 2.14. The first-order valence-corrected chi connectivity index (χ1v) is 5.46. The van der Waals surface area contributed by atoms with E-state index in [4.69, 9.17) is 10.2 Å². The molecule has 1 heterocycles. The second-order valence-electron chi connectivity index (χ2n) is 3.66. The minimum Gasteiger partial charge on any atom is -0.394 e. The molecule has 1 amide bonds. The Morgan fingerprint density at radius 1 is 1.56 bits per heavy atom. The van der Waals surface area contributed by atoms with Crippen LogP contribution in [0.3, 0.4) is 0 Å². The Bertz CT molecular complexity index is 380. The lowest BCUT2D eigenvalue weighted by Gasteiger charge is -2.26. The summed E-state index contributed by atoms with van der Waals surface area (Å²) in [5, 5.41) is 20.6. The second-order valence-corrected chi connectivity index (χ2v) is 4.52. The number of hydrogen-bond acceptors (Lipinski definition) is 4. The highest BCUT2D eigenvalue weighted by atomic mass is 79.9. The fourth-order valence-electron chi connectivity index (χ4n) is 1.02. The molecule has 0 aromatic carbocycles. The average molecular weight is 289 g/mol. The van der Waals surface area contributed by atoms with E-state index in [0.29, 0.717) is 4.47 Å². The van der Waals surface area contributed by atoms with Gasteiger partial charge < -0.3 is 15.5 Å². The lowest BCUT2D eigenvalue weighted by atomic mass is 10.1. The molecule has 0 radical (unpaired) electrons. The highest BCUT2D eigenvalue weighted by molar-refractivity contribution is 9.10. The Morgan fingerprint density at radius 3 is 2.69 bits per heavy atom. The van der Waals surface area contributed by atoms with Crippen molar-refractivity contribution in [2.45, 2.75) is 12.5 Å². The number of aliphatic hydroxyl groups excluding tert-OH is 2. The monoisotopic (exact) mass is 288 g/mol. The molecule has 0 aliphatic rings. The number of aromatic nitrogens is 1. The number of amides is 1. The standard InChI is InChI=1S/C10H13BrN2O3/c1-10(5-14,6-15)13-9(16)8-7(11)3-2-4-12-8/h2-4,14-15H,5-6H2,1H3,(H,13,16). The molecule has 0 saturated carbocycles. The van der Waals surface area contributed by atoms with Crippen LogP contribution in [-0.2, 0) is 0 Å². The molecule has 0 aliphatic heterocycles. The number of aliphatic hydroxyl groups is 2. The maximum atomic E-state index is 11.8. The van der Waals surface area contributed by atoms with Gasteiger partial charge in [-0.1, -0.05) is 0 Å². The zero-order chi connectivity index (χ0) is 12.2. The maximum absolute atomic E-state index is 11.8. The first-order chi connectivity index (χ1) is 7.52. The molecular weight excluding hydrogens is 276 g/mol. The molecule has 1 aromatic rings. The molecule has 0 bridgehead atoms. The van der Waals surface area contributed by atoms with E-state index in [1.54, 1.807) is 19.1 Å². The van der Waals surface area contributed by atoms with Crippen LogP contribution in [0.25, 0.3) is 0 Å². The quantitative estimate of drug-likeness (QED) is 0.745. The number of halogens is 1. The fraction of sp³-hybridized carbons (Fsp3) is 0.400. The van der Waals surface area contributed by atoms with Gasteiger partial charge in [0.25, 0.3) is 5.91 Å². The van der Waals surface area contributed by atoms with Gasteiger partial charge in [-0.05, 0) is 35.0 Å². The summed E-state index contributed by atoms with van der Waals surface area (Å²) in [6, 6.07) is 3.38. The van der Waals surface area contributed by atoms with Crippen molar-refractivity contribution in [3.05, 3.63) is 28.5 Å². The van der Waals surface area contributed by atoms with Crippen molar-refractivity contribution in [1.82, 2.24) is 10.3 Å². The van der Waals surface area contributed by atoms with Gasteiger partial charge in [0.1, 0.15) is 5.69 Å². The molecule has 0 spiro atoms. The first kappa shape index (κ1) is 13.1. The third-order valence-corrected chi connectivity index (χ3v) is 2.73. The van der Waals surface area contributed by atoms with Crippen molar-refractivity contribution < 1.29 is 15.0 Å². The first-order valence-electron chi connectivity index (χ1n) is 4.67. The summed E-state index contributed by atoms with van der Waals surface area (Å²) < 4.78 is 0.561. The van der Waals surface area contributed by atoms with Gasteiger partial charge in [-0.25, -0.2) is 4.98 Å². The summed E-state index contributed by atoms with van der Waals surface area (Å²) in [4.78, 5) is 15.7. The van der Waals surface area contributed by atoms with Crippen LogP contribution in [0.1, 0.15) is 17.4 Å². The summed E-state index contributed by atoms with van der Waals surface area (Å²) in [7, 11) is 0. The average Bonchev–Trinajstić information content (AvgIpc) is 2.29. The number of nitrogens with one attached hydrogen (secondary N) is 1. The van der Waals surface area contributed by atoms with Crippen molar-refractivity contribution in [2.24, 2.45) is 0 Å². The predicted octanol–water partition coefficient (Wildman–Crippen LogP) is 0.317. The lowest BCUT2D eigenvalue weighted by Crippen LogP contribution is -2.52. The molecule has 0 aliphatic carbocycles. The van der Waals surface area contributed by atoms with Crippen LogP contribution in [0.2, 0.25) is 0 Å². The lowest BCUT2D eigenvalue weighted by molar-refractivity contribution is 0.0719. The zero-order valence-corrected chi connectivity index (χ0v) is 10.4. The molecule has 88 valence electrons. The molecule has 6 heteroatoms. The van der Waals surface area contributed by atoms with Gasteiger partial charge in [-0.15, -0.1) is 0 Å². The van der Waals surface area contributed by atoms with E-state index >= 15 is 0 Å². The van der Waals surface area contributed by atoms with E-state index in [2.05, 4.69) is 26.2 Å². The smallest absolute Gasteiger partial charge is 0.271 e. The molecular formula is C10H13BrN2O3. The van der Waals surface area contributed by atoms with E-state index in [1.165, 1.54) is 6.20 Å². The Morgan fingerprint density at radius 2 is 2.19 bits per heavy atom. The molecule has 0 fully saturated rings. The van der Waals surface area contributed by atoms with Gasteiger partial charge >= 0.3 is 0 Å². The molecule has 5 nitrogen and oxygen atoms in total. The summed E-state index contributed by atoms with van der Waals surface area (Å²) >= 11 is 3.20. The van der Waals surface area contributed by atoms with Gasteiger partial charge in [0, 0.05) is 10.7 Å². The number of nitrogens with zero attached hydrogens (tertiary/aromatic N) is 1. The van der Waals surface area contributed by atoms with Gasteiger partial charge in [-0.2, -0.15) is 0 Å². The summed E-state index contributed by atoms with van der Waals surface area (Å²) in [6.07, 6.45) is 1.49. The number of pyridine rings is 1. The minimum atomic E-state index is -1.05. The fourth-order valence-corrected chi connectivity index (χ4v) is 1.45. The molecule has 1 aromatic heterocycles. The Labute approximate surface area is 102 Å². The maximum Gasteiger partial charge on any atom is 0.271 e. The summed E-state index contributed by atoms with van der Waals surface area (Å²) in [5.74, 6) is -0.446. The van der Waals surface area contributed by atoms with E-state index in [9.17, 15) is 4.79 Å². The molecule has 0 atom stereocenters. The molecule has 0 saturated heterocycles. The van der Waals surface area contributed by atoms with Gasteiger partial charge in [0.2, 0.25) is 0 Å². The van der Waals surface area contributed by atoms with Crippen molar-refractivity contribution in [3.8, 4) is 0 Å². The summed E-state index contributed by atoms with van der Waals surface area (Å²) in [5.41, 5.74) is -0.829. The topological polar surface area (TPSA) is 82.5 Å². The van der Waals surface area contributed by atoms with E-state index in [-0.39, 0.29) is 18.9 Å². The number of rotatable bonds is 4. The van der Waals surface area contributed by atoms with Gasteiger partial charge in [0.15, 0.2) is 0 Å². The number of carbonyl (C=O) groups excluding carboxylic acids is 1. The predicted molar refractivity (Wildman–Crippen MR) is 62.0 cm³/mol. The van der Waals surface area contributed by atoms with Crippen molar-refractivity contribution in [1.29, 1.82) is 0 Å². The summed E-state index contributed by atoms with van der Waals surface area (Å²) in [6.45, 7) is 0.848. The van der Waals surface area contributed by atoms with Crippen LogP contribution in [-0.4, -0.2) is 39.9 Å². The molecule has 1 rings (SSSR count). The third-order valence-electron chi connectivity index (χ3n) is 2.09. The highest BCUT2D eigenvalue weighted by Gasteiger charge is 2.26. The number of hydrogen-bond donors (Lipinski definition) is 3. The Kier molecular flexibility index (Phi) is 4.40. The van der Waals surface area contributed by atoms with Crippen molar-refractivity contribution >= 4 is 21.8 Å². The van der Waals surface area contributed by atoms with E-state index < -0.39 is 11.4 Å². The van der Waals surface area contributed by atoms with Crippen LogP contribution in [0.15, 0.2) is 22.8 Å². The molecule has 16 heavy (non-hydrogen) atoms. The van der Waals surface area contributed by atoms with Crippen LogP contribution < -0.4 is 5.32 Å². The SMILES string of the molecule is CC(CO)(CO)NC(=O)c1ncccc1Br. The molecule has 0 unspecified atom stereocenters. The Balaban J connectivity index is 2.84. The second kappa shape index (κ2) is 5.38. The largest absolute Gasteiger partial charge is 0.394 e. The van der Waals surface area contributed by atoms with Gasteiger partial charge in [0.05, 0.1) is 18.8 Å². The number of carbonyl (C=O) groups is 1. The zero-order valence-electron chi connectivity index (χ0n) is 8.77. The van der Waals surface area contributed by atoms with Crippen molar-refractivity contribution in [3.63, 3.8) is 0 Å². The minimum absolute atomic E-state index is 0.218. The van der Waals surface area contributed by atoms with E-state index in [0.717, 1.165) is 0 Å². The Hall–Kier alpha value is -0.980. The van der Waals surface area contributed by atoms with Crippen LogP contribution in [0.5, 0.6) is 0 Å². The normalized spacial score (nSPS) is 11.2. The van der Waals surface area contributed by atoms with Crippen LogP contribution in [0.4, 0.5) is 0 Å². The van der Waals surface area contributed by atoms with Gasteiger partial charge in [-0.3, -0.25) is 4.79 Å². The molecule has 3 N–H and O–H groups in total. The van der Waals surface area contributed by atoms with Crippen molar-refractivity contribution in [2.75, 3.05) is 13.2 Å².